The highest BCUT2D eigenvalue weighted by Crippen LogP contribution is 2.28. The lowest BCUT2D eigenvalue weighted by atomic mass is 10.1. The number of hydrogen-bond acceptors (Lipinski definition) is 2. The van der Waals surface area contributed by atoms with Crippen LogP contribution in [0.25, 0.3) is 22.2 Å². The van der Waals surface area contributed by atoms with Gasteiger partial charge in [-0.05, 0) is 17.7 Å². The first-order valence-corrected chi connectivity index (χ1v) is 8.35. The SMILES string of the molecule is c1ccc(-c2cc3ccccc3n2CCN2CCOCC2)cc1. The maximum absolute atomic E-state index is 5.45. The number of hydrogen-bond donors (Lipinski definition) is 0. The van der Waals surface area contributed by atoms with Crippen molar-refractivity contribution in [3.63, 3.8) is 0 Å². The Kier molecular flexibility index (Phi) is 4.14. The lowest BCUT2D eigenvalue weighted by molar-refractivity contribution is 0.0366. The summed E-state index contributed by atoms with van der Waals surface area (Å²) < 4.78 is 7.91. The van der Waals surface area contributed by atoms with Crippen LogP contribution < -0.4 is 0 Å². The zero-order chi connectivity index (χ0) is 15.5. The Hall–Kier alpha value is -2.10. The predicted molar refractivity (Wildman–Crippen MR) is 94.6 cm³/mol. The van der Waals surface area contributed by atoms with E-state index < -0.39 is 0 Å². The summed E-state index contributed by atoms with van der Waals surface area (Å²) in [6.07, 6.45) is 0. The third-order valence-corrected chi connectivity index (χ3v) is 4.62. The zero-order valence-electron chi connectivity index (χ0n) is 13.3. The predicted octanol–water partition coefficient (Wildman–Crippen LogP) is 3.64. The van der Waals surface area contributed by atoms with E-state index in [0.717, 1.165) is 39.4 Å². The summed E-state index contributed by atoms with van der Waals surface area (Å²) in [6, 6.07) is 21.7. The fourth-order valence-electron chi connectivity index (χ4n) is 3.37. The number of fused-ring (bicyclic) bond motifs is 1. The van der Waals surface area contributed by atoms with Gasteiger partial charge in [-0.25, -0.2) is 0 Å². The minimum Gasteiger partial charge on any atom is -0.379 e. The second kappa shape index (κ2) is 6.57. The Morgan fingerprint density at radius 1 is 0.826 bits per heavy atom. The van der Waals surface area contributed by atoms with E-state index in [1.165, 1.54) is 22.2 Å². The topological polar surface area (TPSA) is 17.4 Å². The van der Waals surface area contributed by atoms with E-state index >= 15 is 0 Å². The van der Waals surface area contributed by atoms with Gasteiger partial charge in [-0.1, -0.05) is 48.5 Å². The summed E-state index contributed by atoms with van der Waals surface area (Å²) in [4.78, 5) is 2.49. The first-order valence-electron chi connectivity index (χ1n) is 8.35. The van der Waals surface area contributed by atoms with Crippen LogP contribution in [0.2, 0.25) is 0 Å². The number of rotatable bonds is 4. The largest absolute Gasteiger partial charge is 0.379 e. The van der Waals surface area contributed by atoms with Crippen LogP contribution in [0, 0.1) is 0 Å². The second-order valence-electron chi connectivity index (χ2n) is 6.06. The summed E-state index contributed by atoms with van der Waals surface area (Å²) in [5.74, 6) is 0. The summed E-state index contributed by atoms with van der Waals surface area (Å²) in [5, 5.41) is 1.31. The molecule has 1 aliphatic heterocycles. The van der Waals surface area contributed by atoms with E-state index in [4.69, 9.17) is 4.74 Å². The minimum atomic E-state index is 0.859. The highest BCUT2D eigenvalue weighted by atomic mass is 16.5. The third kappa shape index (κ3) is 3.03. The van der Waals surface area contributed by atoms with E-state index in [9.17, 15) is 0 Å². The third-order valence-electron chi connectivity index (χ3n) is 4.62. The molecule has 0 aliphatic carbocycles. The monoisotopic (exact) mass is 306 g/mol. The number of nitrogens with zero attached hydrogens (tertiary/aromatic N) is 2. The number of morpholine rings is 1. The molecule has 3 aromatic rings. The average molecular weight is 306 g/mol. The number of aromatic nitrogens is 1. The molecule has 2 aromatic carbocycles. The molecule has 1 aliphatic rings. The highest BCUT2D eigenvalue weighted by molar-refractivity contribution is 5.87. The summed E-state index contributed by atoms with van der Waals surface area (Å²) in [5.41, 5.74) is 3.91. The smallest absolute Gasteiger partial charge is 0.0594 e. The Balaban J connectivity index is 1.68. The van der Waals surface area contributed by atoms with Gasteiger partial charge < -0.3 is 9.30 Å². The molecule has 4 rings (SSSR count). The van der Waals surface area contributed by atoms with Gasteiger partial charge >= 0.3 is 0 Å². The lowest BCUT2D eigenvalue weighted by Gasteiger charge is -2.27. The van der Waals surface area contributed by atoms with Crippen molar-refractivity contribution in [2.24, 2.45) is 0 Å². The van der Waals surface area contributed by atoms with Crippen molar-refractivity contribution in [2.75, 3.05) is 32.8 Å². The molecule has 0 bridgehead atoms. The molecule has 0 saturated carbocycles. The van der Waals surface area contributed by atoms with Crippen LogP contribution in [-0.4, -0.2) is 42.3 Å². The van der Waals surface area contributed by atoms with Crippen LogP contribution in [0.15, 0.2) is 60.7 Å². The summed E-state index contributed by atoms with van der Waals surface area (Å²) >= 11 is 0. The average Bonchev–Trinajstić information content (AvgIpc) is 3.00. The fourth-order valence-corrected chi connectivity index (χ4v) is 3.37. The maximum Gasteiger partial charge on any atom is 0.0594 e. The van der Waals surface area contributed by atoms with Gasteiger partial charge in [0, 0.05) is 42.8 Å². The molecule has 118 valence electrons. The normalized spacial score (nSPS) is 16.0. The molecule has 0 spiro atoms. The van der Waals surface area contributed by atoms with Crippen molar-refractivity contribution in [3.05, 3.63) is 60.7 Å². The molecule has 3 heteroatoms. The van der Waals surface area contributed by atoms with Gasteiger partial charge in [0.05, 0.1) is 13.2 Å². The lowest BCUT2D eigenvalue weighted by Crippen LogP contribution is -2.38. The van der Waals surface area contributed by atoms with Crippen molar-refractivity contribution in [1.29, 1.82) is 0 Å². The highest BCUT2D eigenvalue weighted by Gasteiger charge is 2.13. The molecule has 2 heterocycles. The molecule has 0 atom stereocenters. The summed E-state index contributed by atoms with van der Waals surface area (Å²) in [7, 11) is 0. The number of ether oxygens (including phenoxy) is 1. The van der Waals surface area contributed by atoms with Gasteiger partial charge in [-0.15, -0.1) is 0 Å². The van der Waals surface area contributed by atoms with Crippen molar-refractivity contribution in [3.8, 4) is 11.3 Å². The Labute approximate surface area is 137 Å². The van der Waals surface area contributed by atoms with E-state index in [2.05, 4.69) is 70.1 Å². The Bertz CT molecular complexity index is 773. The van der Waals surface area contributed by atoms with Crippen LogP contribution in [0.1, 0.15) is 0 Å². The molecule has 1 fully saturated rings. The van der Waals surface area contributed by atoms with Crippen LogP contribution >= 0.6 is 0 Å². The quantitative estimate of drug-likeness (QED) is 0.732. The molecule has 0 N–H and O–H groups in total. The van der Waals surface area contributed by atoms with Gasteiger partial charge in [-0.2, -0.15) is 0 Å². The van der Waals surface area contributed by atoms with E-state index in [1.54, 1.807) is 0 Å². The van der Waals surface area contributed by atoms with Gasteiger partial charge in [0.2, 0.25) is 0 Å². The van der Waals surface area contributed by atoms with Crippen molar-refractivity contribution >= 4 is 10.9 Å². The Morgan fingerprint density at radius 2 is 1.57 bits per heavy atom. The van der Waals surface area contributed by atoms with Crippen LogP contribution in [0.3, 0.4) is 0 Å². The fraction of sp³-hybridized carbons (Fsp3) is 0.300. The van der Waals surface area contributed by atoms with Crippen molar-refractivity contribution < 1.29 is 4.74 Å². The molecule has 0 amide bonds. The van der Waals surface area contributed by atoms with Gasteiger partial charge in [0.25, 0.3) is 0 Å². The van der Waals surface area contributed by atoms with Crippen LogP contribution in [0.5, 0.6) is 0 Å². The zero-order valence-corrected chi connectivity index (χ0v) is 13.3. The first kappa shape index (κ1) is 14.5. The number of para-hydroxylation sites is 1. The number of benzene rings is 2. The Morgan fingerprint density at radius 3 is 2.39 bits per heavy atom. The van der Waals surface area contributed by atoms with Gasteiger partial charge in [0.15, 0.2) is 0 Å². The van der Waals surface area contributed by atoms with Crippen molar-refractivity contribution in [1.82, 2.24) is 9.47 Å². The standard InChI is InChI=1S/C20H22N2O/c1-2-6-17(7-3-1)20-16-18-8-4-5-9-19(18)22(20)11-10-21-12-14-23-15-13-21/h1-9,16H,10-15H2. The van der Waals surface area contributed by atoms with Crippen molar-refractivity contribution in [2.45, 2.75) is 6.54 Å². The van der Waals surface area contributed by atoms with E-state index in [1.807, 2.05) is 0 Å². The van der Waals surface area contributed by atoms with E-state index in [-0.39, 0.29) is 0 Å². The molecule has 1 saturated heterocycles. The van der Waals surface area contributed by atoms with Gasteiger partial charge in [0.1, 0.15) is 0 Å². The van der Waals surface area contributed by atoms with E-state index in [0.29, 0.717) is 0 Å². The molecular weight excluding hydrogens is 284 g/mol. The first-order chi connectivity index (χ1) is 11.4. The maximum atomic E-state index is 5.45. The molecule has 0 unspecified atom stereocenters. The molecule has 3 nitrogen and oxygen atoms in total. The molecule has 0 radical (unpaired) electrons. The summed E-state index contributed by atoms with van der Waals surface area (Å²) in [6.45, 7) is 5.88. The molecule has 1 aromatic heterocycles. The van der Waals surface area contributed by atoms with Crippen LogP contribution in [-0.2, 0) is 11.3 Å². The minimum absolute atomic E-state index is 0.859. The second-order valence-corrected chi connectivity index (χ2v) is 6.06. The molecule has 23 heavy (non-hydrogen) atoms. The van der Waals surface area contributed by atoms with Crippen LogP contribution in [0.4, 0.5) is 0 Å². The van der Waals surface area contributed by atoms with Gasteiger partial charge in [-0.3, -0.25) is 4.90 Å². The molecular formula is C20H22N2O.